The van der Waals surface area contributed by atoms with Crippen LogP contribution in [0.4, 0.5) is 0 Å². The van der Waals surface area contributed by atoms with E-state index in [-0.39, 0.29) is 23.6 Å². The van der Waals surface area contributed by atoms with Crippen molar-refractivity contribution in [3.05, 3.63) is 132 Å². The standard InChI is InChI=1S/C25H23N5O.C19H11N3O2.C6H14N2/c1-15-13-29(14-16(2)26-15)25(31)19-12-18-11-17-7-3-4-8-20(17)27-23(18)30-22-10-6-5-9-21(22)28-24(19)30;23-19(24)13-10-12-9-11-5-1-2-6-14(11)20-17(12)22-16-8-4-3-7-15(16)21-18(13)22;1-5-3-7-4-6(2)8-5/h3-12,15-16,26H,13-14H2,1-2H3;1-10H,(H,23,24);5-8H,3-4H2,1-2H3/t15-,16+;;5-,6+. The van der Waals surface area contributed by atoms with E-state index in [0.717, 1.165) is 73.4 Å². The van der Waals surface area contributed by atoms with E-state index in [1.807, 2.05) is 117 Å². The second-order valence-electron chi connectivity index (χ2n) is 16.9. The zero-order valence-electron chi connectivity index (χ0n) is 35.6. The number of rotatable bonds is 2. The van der Waals surface area contributed by atoms with E-state index in [1.54, 1.807) is 6.07 Å². The number of pyridine rings is 4. The van der Waals surface area contributed by atoms with Gasteiger partial charge in [-0.3, -0.25) is 13.6 Å². The van der Waals surface area contributed by atoms with Gasteiger partial charge in [0.1, 0.15) is 16.9 Å². The molecule has 63 heavy (non-hydrogen) atoms. The molecule has 0 spiro atoms. The lowest BCUT2D eigenvalue weighted by Crippen LogP contribution is -2.55. The van der Waals surface area contributed by atoms with E-state index in [2.05, 4.69) is 60.8 Å². The largest absolute Gasteiger partial charge is 0.478 e. The maximum Gasteiger partial charge on any atom is 0.339 e. The topological polar surface area (TPSA) is 154 Å². The van der Waals surface area contributed by atoms with Crippen LogP contribution in [-0.4, -0.2) is 101 Å². The Kier molecular flexibility index (Phi) is 10.4. The van der Waals surface area contributed by atoms with E-state index in [9.17, 15) is 14.7 Å². The lowest BCUT2D eigenvalue weighted by atomic mass is 10.1. The number of aromatic carboxylic acids is 1. The fraction of sp³-hybridized carbons (Fsp3) is 0.240. The third-order valence-electron chi connectivity index (χ3n) is 11.9. The molecule has 0 bridgehead atoms. The number of carbonyl (C=O) groups is 2. The molecule has 0 saturated carbocycles. The molecule has 2 aliphatic rings. The first-order chi connectivity index (χ1) is 30.6. The molecule has 13 nitrogen and oxygen atoms in total. The molecule has 4 atom stereocenters. The van der Waals surface area contributed by atoms with Crippen LogP contribution in [0.15, 0.2) is 121 Å². The van der Waals surface area contributed by atoms with Crippen LogP contribution < -0.4 is 16.0 Å². The van der Waals surface area contributed by atoms with Crippen molar-refractivity contribution in [3.8, 4) is 0 Å². The zero-order chi connectivity index (χ0) is 43.4. The van der Waals surface area contributed by atoms with Crippen LogP contribution in [0.5, 0.6) is 0 Å². The minimum atomic E-state index is -0.995. The normalized spacial score (nSPS) is 19.1. The van der Waals surface area contributed by atoms with E-state index < -0.39 is 5.97 Å². The summed E-state index contributed by atoms with van der Waals surface area (Å²) in [5.41, 5.74) is 8.64. The highest BCUT2D eigenvalue weighted by Gasteiger charge is 2.28. The van der Waals surface area contributed by atoms with E-state index in [1.165, 1.54) is 0 Å². The summed E-state index contributed by atoms with van der Waals surface area (Å²) in [6, 6.07) is 41.0. The SMILES string of the molecule is C[C@@H]1CN(C(=O)c2cc3cc4ccccc4nc3n3c2nc2ccccc23)C[C@H](C)N1.C[C@@H]1CNC[C@H](C)N1.O=C(O)c1cc2cc3ccccc3nc2n2c1nc1ccccc12. The van der Waals surface area contributed by atoms with Gasteiger partial charge in [0.25, 0.3) is 5.91 Å². The zero-order valence-corrected chi connectivity index (χ0v) is 35.6. The van der Waals surface area contributed by atoms with Crippen molar-refractivity contribution < 1.29 is 14.7 Å². The molecule has 12 rings (SSSR count). The number of piperazine rings is 2. The molecule has 316 valence electrons. The second kappa shape index (κ2) is 16.3. The van der Waals surface area contributed by atoms with Crippen LogP contribution in [0.2, 0.25) is 0 Å². The van der Waals surface area contributed by atoms with Crippen molar-refractivity contribution in [3.63, 3.8) is 0 Å². The number of imidazole rings is 2. The predicted molar refractivity (Wildman–Crippen MR) is 251 cm³/mol. The summed E-state index contributed by atoms with van der Waals surface area (Å²) in [5.74, 6) is -0.971. The Labute approximate surface area is 362 Å². The van der Waals surface area contributed by atoms with Gasteiger partial charge >= 0.3 is 5.97 Å². The van der Waals surface area contributed by atoms with Gasteiger partial charge in [-0.25, -0.2) is 24.7 Å². The van der Waals surface area contributed by atoms with E-state index >= 15 is 0 Å². The van der Waals surface area contributed by atoms with E-state index in [0.29, 0.717) is 47.7 Å². The summed E-state index contributed by atoms with van der Waals surface area (Å²) < 4.78 is 3.87. The number of aromatic nitrogens is 6. The van der Waals surface area contributed by atoms with Gasteiger partial charge < -0.3 is 26.0 Å². The lowest BCUT2D eigenvalue weighted by Gasteiger charge is -2.36. The maximum absolute atomic E-state index is 13.7. The number of nitrogens with zero attached hydrogens (tertiary/aromatic N) is 7. The van der Waals surface area contributed by atoms with Gasteiger partial charge in [0.15, 0.2) is 11.3 Å². The highest BCUT2D eigenvalue weighted by atomic mass is 16.4. The summed E-state index contributed by atoms with van der Waals surface area (Å²) in [5, 5.41) is 23.6. The molecule has 4 N–H and O–H groups in total. The van der Waals surface area contributed by atoms with Crippen LogP contribution in [0.3, 0.4) is 0 Å². The van der Waals surface area contributed by atoms with Crippen LogP contribution in [0.1, 0.15) is 48.4 Å². The van der Waals surface area contributed by atoms with Crippen LogP contribution in [-0.2, 0) is 0 Å². The molecule has 2 aliphatic heterocycles. The Morgan fingerprint density at radius 1 is 0.508 bits per heavy atom. The van der Waals surface area contributed by atoms with Gasteiger partial charge in [-0.15, -0.1) is 0 Å². The number of carboxylic acids is 1. The Hall–Kier alpha value is -7.06. The maximum atomic E-state index is 13.7. The van der Waals surface area contributed by atoms with Crippen molar-refractivity contribution >= 4 is 89.1 Å². The Bertz CT molecular complexity index is 3380. The van der Waals surface area contributed by atoms with Crippen molar-refractivity contribution in [2.45, 2.75) is 51.9 Å². The van der Waals surface area contributed by atoms with Crippen LogP contribution in [0.25, 0.3) is 77.2 Å². The molecule has 0 unspecified atom stereocenters. The Morgan fingerprint density at radius 2 is 0.921 bits per heavy atom. The van der Waals surface area contributed by atoms with Crippen molar-refractivity contribution in [2.24, 2.45) is 0 Å². The van der Waals surface area contributed by atoms with Crippen LogP contribution in [0, 0.1) is 0 Å². The van der Waals surface area contributed by atoms with Crippen molar-refractivity contribution in [1.29, 1.82) is 0 Å². The van der Waals surface area contributed by atoms with Gasteiger partial charge in [0, 0.05) is 71.9 Å². The molecule has 2 saturated heterocycles. The molecule has 1 amide bonds. The summed E-state index contributed by atoms with van der Waals surface area (Å²) in [6.45, 7) is 12.2. The van der Waals surface area contributed by atoms with E-state index in [4.69, 9.17) is 15.0 Å². The number of benzene rings is 4. The average molecular weight is 837 g/mol. The minimum Gasteiger partial charge on any atom is -0.478 e. The number of hydrogen-bond acceptors (Lipinski definition) is 9. The first kappa shape index (κ1) is 40.0. The lowest BCUT2D eigenvalue weighted by molar-refractivity contribution is 0.0673. The molecule has 10 aromatic rings. The number of para-hydroxylation sites is 6. The number of hydrogen-bond donors (Lipinski definition) is 4. The second-order valence-corrected chi connectivity index (χ2v) is 16.9. The molecule has 13 heteroatoms. The third kappa shape index (κ3) is 7.54. The molecule has 0 aliphatic carbocycles. The third-order valence-corrected chi connectivity index (χ3v) is 11.9. The van der Waals surface area contributed by atoms with Gasteiger partial charge in [0.05, 0.1) is 38.7 Å². The summed E-state index contributed by atoms with van der Waals surface area (Å²) >= 11 is 0. The number of nitrogens with one attached hydrogen (secondary N) is 3. The molecular weight excluding hydrogens is 789 g/mol. The quantitative estimate of drug-likeness (QED) is 0.127. The molecule has 4 aromatic carbocycles. The molecule has 2 fully saturated rings. The van der Waals surface area contributed by atoms with Gasteiger partial charge in [0.2, 0.25) is 0 Å². The van der Waals surface area contributed by atoms with Crippen LogP contribution >= 0.6 is 0 Å². The smallest absolute Gasteiger partial charge is 0.339 e. The number of carbonyl (C=O) groups excluding carboxylic acids is 1. The Morgan fingerprint density at radius 3 is 1.40 bits per heavy atom. The summed E-state index contributed by atoms with van der Waals surface area (Å²) in [7, 11) is 0. The molecule has 0 radical (unpaired) electrons. The minimum absolute atomic E-state index is 0.0237. The summed E-state index contributed by atoms with van der Waals surface area (Å²) in [6.07, 6.45) is 0. The summed E-state index contributed by atoms with van der Waals surface area (Å²) in [4.78, 5) is 46.5. The highest BCUT2D eigenvalue weighted by Crippen LogP contribution is 2.30. The fourth-order valence-electron chi connectivity index (χ4n) is 9.19. The number of amides is 1. The number of fused-ring (bicyclic) bond motifs is 12. The molecule has 8 heterocycles. The van der Waals surface area contributed by atoms with Gasteiger partial charge in [-0.05, 0) is 88.4 Å². The number of carboxylic acid groups (broad SMARTS) is 1. The first-order valence-corrected chi connectivity index (χ1v) is 21.5. The molecular formula is C50H48N10O3. The molecule has 6 aromatic heterocycles. The fourth-order valence-corrected chi connectivity index (χ4v) is 9.19. The monoisotopic (exact) mass is 836 g/mol. The van der Waals surface area contributed by atoms with Crippen molar-refractivity contribution in [1.82, 2.24) is 49.6 Å². The average Bonchev–Trinajstić information content (AvgIpc) is 3.87. The first-order valence-electron chi connectivity index (χ1n) is 21.5. The predicted octanol–water partition coefficient (Wildman–Crippen LogP) is 7.85. The van der Waals surface area contributed by atoms with Gasteiger partial charge in [-0.1, -0.05) is 60.7 Å². The van der Waals surface area contributed by atoms with Crippen molar-refractivity contribution in [2.75, 3.05) is 26.2 Å². The van der Waals surface area contributed by atoms with Gasteiger partial charge in [-0.2, -0.15) is 0 Å². The highest BCUT2D eigenvalue weighted by molar-refractivity contribution is 6.07. The Balaban J connectivity index is 0.000000130.